The van der Waals surface area contributed by atoms with Crippen LogP contribution < -0.4 is 14.2 Å². The predicted molar refractivity (Wildman–Crippen MR) is 263 cm³/mol. The van der Waals surface area contributed by atoms with Crippen LogP contribution in [0, 0.1) is 16.7 Å². The van der Waals surface area contributed by atoms with Gasteiger partial charge in [0.1, 0.15) is 29.6 Å². The number of fused-ring (bicyclic) bond motifs is 1. The molecule has 402 valence electrons. The molecule has 4 aromatic rings. The number of phenols is 1. The SMILES string of the molecule is CC1C(=O)Oc2ccccc2C1C.CCC(C)(C)C(=O)Oc1ccc(C2(O)CCCCC2)cc1.CCC(C)(C)C(=O)Oc1ccc(O)cc1.CCC(C)c1cccc(COC(=O)C(O)(C(F)(F)F)C(F)(F)F)c1. The second-order valence-corrected chi connectivity index (χ2v) is 19.7. The quantitative estimate of drug-likeness (QED) is 0.0702. The molecule has 0 amide bonds. The average molecular weight is 1030 g/mol. The number of aromatic hydroxyl groups is 1. The van der Waals surface area contributed by atoms with Crippen LogP contribution in [0.25, 0.3) is 0 Å². The lowest BCUT2D eigenvalue weighted by Crippen LogP contribution is -2.62. The molecule has 3 N–H and O–H groups in total. The first-order valence-corrected chi connectivity index (χ1v) is 24.4. The summed E-state index contributed by atoms with van der Waals surface area (Å²) in [6, 6.07) is 27.3. The van der Waals surface area contributed by atoms with Gasteiger partial charge in [-0.05, 0) is 136 Å². The molecule has 3 atom stereocenters. The maximum atomic E-state index is 12.5. The molecule has 0 spiro atoms. The Balaban J connectivity index is 0.000000263. The molecule has 0 bridgehead atoms. The fourth-order valence-corrected chi connectivity index (χ4v) is 7.05. The van der Waals surface area contributed by atoms with Crippen LogP contribution in [-0.2, 0) is 36.1 Å². The van der Waals surface area contributed by atoms with Gasteiger partial charge in [-0.1, -0.05) is 115 Å². The number of carbonyl (C=O) groups is 4. The highest BCUT2D eigenvalue weighted by molar-refractivity contribution is 5.82. The van der Waals surface area contributed by atoms with Crippen LogP contribution in [0.5, 0.6) is 23.0 Å². The Labute approximate surface area is 424 Å². The van der Waals surface area contributed by atoms with Crippen LogP contribution in [-0.4, -0.2) is 57.2 Å². The lowest BCUT2D eigenvalue weighted by Gasteiger charge is -2.32. The number of ether oxygens (including phenoxy) is 4. The highest BCUT2D eigenvalue weighted by Gasteiger charge is 2.76. The third-order valence-electron chi connectivity index (χ3n) is 13.6. The summed E-state index contributed by atoms with van der Waals surface area (Å²) in [6.07, 6.45) is -5.30. The number of para-hydroxylation sites is 1. The van der Waals surface area contributed by atoms with Crippen molar-refractivity contribution < 1.29 is 79.8 Å². The van der Waals surface area contributed by atoms with E-state index in [1.807, 2.05) is 98.7 Å². The van der Waals surface area contributed by atoms with Gasteiger partial charge in [0.2, 0.25) is 0 Å². The third kappa shape index (κ3) is 16.5. The van der Waals surface area contributed by atoms with Gasteiger partial charge in [-0.15, -0.1) is 0 Å². The van der Waals surface area contributed by atoms with Crippen molar-refractivity contribution in [1.82, 2.24) is 0 Å². The van der Waals surface area contributed by atoms with Gasteiger partial charge in [-0.25, -0.2) is 4.79 Å². The minimum absolute atomic E-state index is 0.0325. The van der Waals surface area contributed by atoms with E-state index < -0.39 is 47.0 Å². The van der Waals surface area contributed by atoms with Crippen molar-refractivity contribution in [3.63, 3.8) is 0 Å². The van der Waals surface area contributed by atoms with Crippen LogP contribution in [0.2, 0.25) is 0 Å². The van der Waals surface area contributed by atoms with Crippen LogP contribution >= 0.6 is 0 Å². The molecule has 3 unspecified atom stereocenters. The van der Waals surface area contributed by atoms with Gasteiger partial charge >= 0.3 is 41.8 Å². The maximum Gasteiger partial charge on any atom is 0.437 e. The summed E-state index contributed by atoms with van der Waals surface area (Å²) in [7, 11) is 0. The molecule has 0 aromatic heterocycles. The minimum Gasteiger partial charge on any atom is -0.508 e. The molecule has 1 aliphatic carbocycles. The number of esters is 4. The van der Waals surface area contributed by atoms with Gasteiger partial charge < -0.3 is 34.3 Å². The van der Waals surface area contributed by atoms with Crippen molar-refractivity contribution in [3.8, 4) is 23.0 Å². The number of phenolic OH excluding ortho intramolecular Hbond substituents is 1. The Morgan fingerprint density at radius 2 is 1.19 bits per heavy atom. The highest BCUT2D eigenvalue weighted by atomic mass is 19.4. The predicted octanol–water partition coefficient (Wildman–Crippen LogP) is 13.4. The van der Waals surface area contributed by atoms with E-state index in [2.05, 4.69) is 11.7 Å². The third-order valence-corrected chi connectivity index (χ3v) is 13.6. The fraction of sp³-hybridized carbons (Fsp3) is 0.500. The normalized spacial score (nSPS) is 17.0. The molecule has 17 heteroatoms. The van der Waals surface area contributed by atoms with Gasteiger partial charge in [-0.3, -0.25) is 14.4 Å². The first-order valence-electron chi connectivity index (χ1n) is 24.4. The molecule has 6 rings (SSSR count). The van der Waals surface area contributed by atoms with Crippen molar-refractivity contribution in [3.05, 3.63) is 119 Å². The topological polar surface area (TPSA) is 166 Å². The summed E-state index contributed by atoms with van der Waals surface area (Å²) in [5, 5.41) is 28.6. The van der Waals surface area contributed by atoms with E-state index in [1.165, 1.54) is 30.7 Å². The number of aliphatic hydroxyl groups is 2. The second-order valence-electron chi connectivity index (χ2n) is 19.7. The second kappa shape index (κ2) is 25.8. The van der Waals surface area contributed by atoms with Crippen LogP contribution in [0.15, 0.2) is 97.1 Å². The van der Waals surface area contributed by atoms with Crippen molar-refractivity contribution in [2.45, 2.75) is 163 Å². The fourth-order valence-electron chi connectivity index (χ4n) is 7.05. The van der Waals surface area contributed by atoms with E-state index in [0.717, 1.165) is 67.4 Å². The van der Waals surface area contributed by atoms with E-state index >= 15 is 0 Å². The Hall–Kier alpha value is -5.94. The zero-order valence-electron chi connectivity index (χ0n) is 43.2. The molecule has 4 aromatic carbocycles. The van der Waals surface area contributed by atoms with E-state index in [4.69, 9.17) is 24.4 Å². The molecule has 1 saturated carbocycles. The van der Waals surface area contributed by atoms with Crippen molar-refractivity contribution in [2.24, 2.45) is 16.7 Å². The Bertz CT molecular complexity index is 2410. The molecular formula is C56H70F6O11. The first kappa shape index (κ1) is 61.4. The number of carbonyl (C=O) groups excluding carboxylic acids is 4. The minimum atomic E-state index is -6.25. The van der Waals surface area contributed by atoms with Crippen LogP contribution in [0.3, 0.4) is 0 Å². The summed E-state index contributed by atoms with van der Waals surface area (Å²) >= 11 is 0. The summed E-state index contributed by atoms with van der Waals surface area (Å²) in [6.45, 7) is 18.3. The van der Waals surface area contributed by atoms with E-state index in [0.29, 0.717) is 11.5 Å². The number of hydrogen-bond donors (Lipinski definition) is 3. The molecule has 0 radical (unpaired) electrons. The Morgan fingerprint density at radius 3 is 1.67 bits per heavy atom. The van der Waals surface area contributed by atoms with Gasteiger partial charge in [0.25, 0.3) is 0 Å². The van der Waals surface area contributed by atoms with Gasteiger partial charge in [-0.2, -0.15) is 26.3 Å². The molecule has 1 aliphatic heterocycles. The zero-order chi connectivity index (χ0) is 55.2. The Morgan fingerprint density at radius 1 is 0.699 bits per heavy atom. The molecule has 0 saturated heterocycles. The van der Waals surface area contributed by atoms with Gasteiger partial charge in [0.05, 0.1) is 22.3 Å². The Kier molecular flexibility index (Phi) is 21.7. The first-order chi connectivity index (χ1) is 33.9. The lowest BCUT2D eigenvalue weighted by molar-refractivity contribution is -0.357. The smallest absolute Gasteiger partial charge is 0.437 e. The van der Waals surface area contributed by atoms with E-state index in [9.17, 15) is 50.6 Å². The summed E-state index contributed by atoms with van der Waals surface area (Å²) in [5.74, 6) is -1.17. The van der Waals surface area contributed by atoms with Crippen LogP contribution in [0.4, 0.5) is 26.3 Å². The highest BCUT2D eigenvalue weighted by Crippen LogP contribution is 2.44. The molecular weight excluding hydrogens is 963 g/mol. The van der Waals surface area contributed by atoms with E-state index in [-0.39, 0.29) is 47.0 Å². The number of hydrogen-bond acceptors (Lipinski definition) is 11. The van der Waals surface area contributed by atoms with E-state index in [1.54, 1.807) is 36.4 Å². The molecule has 11 nitrogen and oxygen atoms in total. The number of benzene rings is 4. The maximum absolute atomic E-state index is 12.5. The van der Waals surface area contributed by atoms with Gasteiger partial charge in [0.15, 0.2) is 0 Å². The monoisotopic (exact) mass is 1030 g/mol. The summed E-state index contributed by atoms with van der Waals surface area (Å²) in [4.78, 5) is 46.3. The molecule has 1 fully saturated rings. The molecule has 1 heterocycles. The standard InChI is InChI=1S/C18H26O3.C15H16F6O3.C12H16O3.C11H12O2/c1-4-17(2,3)16(19)21-15-10-8-14(9-11-15)18(20)12-6-5-7-13-18;1-3-9(2)11-6-4-5-10(7-11)8-24-12(22)13(23,14(16,17)18)15(19,20)21;1-4-12(2,3)11(14)15-10-7-5-9(13)6-8-10;1-7-8(2)11(12)13-10-6-4-3-5-9(7)10/h8-11,20H,4-7,12-13H2,1-3H3;4-7,9,23H,3,8H2,1-2H3;5-8,13H,4H2,1-3H3;3-8H,1-2H3. The number of alkyl halides is 6. The zero-order valence-corrected chi connectivity index (χ0v) is 43.2. The lowest BCUT2D eigenvalue weighted by atomic mass is 9.80. The largest absolute Gasteiger partial charge is 0.508 e. The average Bonchev–Trinajstić information content (AvgIpc) is 3.35. The summed E-state index contributed by atoms with van der Waals surface area (Å²) < 4.78 is 95.0. The van der Waals surface area contributed by atoms with Crippen LogP contribution in [0.1, 0.15) is 155 Å². The van der Waals surface area contributed by atoms with Gasteiger partial charge in [0, 0.05) is 0 Å². The number of halogens is 6. The van der Waals surface area contributed by atoms with Crippen molar-refractivity contribution in [2.75, 3.05) is 0 Å². The van der Waals surface area contributed by atoms with Crippen molar-refractivity contribution in [1.29, 1.82) is 0 Å². The number of rotatable bonds is 12. The molecule has 73 heavy (non-hydrogen) atoms. The summed E-state index contributed by atoms with van der Waals surface area (Å²) in [5.41, 5.74) is -4.14. The molecule has 2 aliphatic rings. The van der Waals surface area contributed by atoms with Crippen molar-refractivity contribution >= 4 is 23.9 Å².